The van der Waals surface area contributed by atoms with Crippen LogP contribution < -0.4 is 10.6 Å². The van der Waals surface area contributed by atoms with Gasteiger partial charge in [0.2, 0.25) is 5.91 Å². The van der Waals surface area contributed by atoms with Crippen molar-refractivity contribution in [3.05, 3.63) is 0 Å². The van der Waals surface area contributed by atoms with E-state index in [1.807, 2.05) is 0 Å². The van der Waals surface area contributed by atoms with E-state index in [2.05, 4.69) is 24.5 Å². The summed E-state index contributed by atoms with van der Waals surface area (Å²) < 4.78 is 0. The highest BCUT2D eigenvalue weighted by molar-refractivity contribution is 5.83. The van der Waals surface area contributed by atoms with Crippen LogP contribution in [0.25, 0.3) is 0 Å². The largest absolute Gasteiger partial charge is 0.353 e. The molecule has 1 unspecified atom stereocenters. The molecule has 0 radical (unpaired) electrons. The third-order valence-corrected chi connectivity index (χ3v) is 4.92. The highest BCUT2D eigenvalue weighted by Crippen LogP contribution is 2.33. The normalized spacial score (nSPS) is 30.6. The Morgan fingerprint density at radius 3 is 2.72 bits per heavy atom. The van der Waals surface area contributed by atoms with Crippen LogP contribution in [-0.4, -0.2) is 25.0 Å². The predicted molar refractivity (Wildman–Crippen MR) is 74.4 cm³/mol. The molecule has 3 nitrogen and oxygen atoms in total. The molecule has 2 rings (SSSR count). The molecule has 3 heteroatoms. The summed E-state index contributed by atoms with van der Waals surface area (Å²) in [5, 5.41) is 6.67. The van der Waals surface area contributed by atoms with E-state index in [0.29, 0.717) is 17.9 Å². The third-order valence-electron chi connectivity index (χ3n) is 4.92. The molecule has 0 aromatic carbocycles. The topological polar surface area (TPSA) is 41.1 Å². The lowest BCUT2D eigenvalue weighted by molar-refractivity contribution is -0.131. The zero-order chi connectivity index (χ0) is 13.0. The smallest absolute Gasteiger partial charge is 0.227 e. The Kier molecular flexibility index (Phi) is 4.66. The number of amides is 1. The second kappa shape index (κ2) is 6.05. The monoisotopic (exact) mass is 252 g/mol. The highest BCUT2D eigenvalue weighted by atomic mass is 16.2. The quantitative estimate of drug-likeness (QED) is 0.789. The minimum absolute atomic E-state index is 0.123. The summed E-state index contributed by atoms with van der Waals surface area (Å²) in [5.41, 5.74) is -0.123. The molecule has 2 atom stereocenters. The van der Waals surface area contributed by atoms with E-state index < -0.39 is 0 Å². The Morgan fingerprint density at radius 1 is 1.44 bits per heavy atom. The molecule has 1 aliphatic carbocycles. The maximum atomic E-state index is 12.6. The van der Waals surface area contributed by atoms with Crippen LogP contribution in [0.1, 0.15) is 58.8 Å². The first-order valence-corrected chi connectivity index (χ1v) is 7.69. The summed E-state index contributed by atoms with van der Waals surface area (Å²) >= 11 is 0. The van der Waals surface area contributed by atoms with Crippen molar-refractivity contribution in [1.29, 1.82) is 0 Å². The summed E-state index contributed by atoms with van der Waals surface area (Å²) in [6.07, 6.45) is 8.38. The summed E-state index contributed by atoms with van der Waals surface area (Å²) in [5.74, 6) is 1.01. The molecule has 0 aromatic rings. The van der Waals surface area contributed by atoms with Crippen LogP contribution in [0.5, 0.6) is 0 Å². The van der Waals surface area contributed by atoms with Crippen LogP contribution in [-0.2, 0) is 4.79 Å². The minimum atomic E-state index is -0.123. The van der Waals surface area contributed by atoms with Gasteiger partial charge in [-0.2, -0.15) is 0 Å². The van der Waals surface area contributed by atoms with E-state index >= 15 is 0 Å². The van der Waals surface area contributed by atoms with Crippen molar-refractivity contribution in [3.63, 3.8) is 0 Å². The van der Waals surface area contributed by atoms with Gasteiger partial charge in [-0.05, 0) is 45.1 Å². The van der Waals surface area contributed by atoms with Crippen LogP contribution >= 0.6 is 0 Å². The molecule has 1 heterocycles. The van der Waals surface area contributed by atoms with E-state index in [1.54, 1.807) is 0 Å². The molecule has 1 amide bonds. The summed E-state index contributed by atoms with van der Waals surface area (Å²) in [4.78, 5) is 12.6. The molecular formula is C15H28N2O. The van der Waals surface area contributed by atoms with Crippen molar-refractivity contribution in [1.82, 2.24) is 10.6 Å². The number of nitrogens with one attached hydrogen (secondary N) is 2. The third kappa shape index (κ3) is 2.87. The summed E-state index contributed by atoms with van der Waals surface area (Å²) in [7, 11) is 0. The van der Waals surface area contributed by atoms with Gasteiger partial charge in [-0.1, -0.05) is 26.2 Å². The number of hydrogen-bond donors (Lipinski definition) is 2. The summed E-state index contributed by atoms with van der Waals surface area (Å²) in [6, 6.07) is 0.356. The van der Waals surface area contributed by atoms with Crippen LogP contribution in [0.4, 0.5) is 0 Å². The Balaban J connectivity index is 1.92. The van der Waals surface area contributed by atoms with Gasteiger partial charge in [-0.15, -0.1) is 0 Å². The lowest BCUT2D eigenvalue weighted by Crippen LogP contribution is -2.47. The van der Waals surface area contributed by atoms with Gasteiger partial charge in [0.15, 0.2) is 0 Å². The molecule has 2 aliphatic rings. The first-order chi connectivity index (χ1) is 8.68. The molecule has 1 saturated carbocycles. The van der Waals surface area contributed by atoms with Crippen molar-refractivity contribution >= 4 is 5.91 Å². The number of hydrogen-bond acceptors (Lipinski definition) is 2. The fourth-order valence-corrected chi connectivity index (χ4v) is 3.68. The lowest BCUT2D eigenvalue weighted by Gasteiger charge is -2.30. The van der Waals surface area contributed by atoms with Crippen LogP contribution in [0.2, 0.25) is 0 Å². The first kappa shape index (κ1) is 13.9. The molecule has 0 bridgehead atoms. The van der Waals surface area contributed by atoms with Crippen molar-refractivity contribution in [2.75, 3.05) is 13.1 Å². The van der Waals surface area contributed by atoms with Gasteiger partial charge in [0, 0.05) is 12.6 Å². The van der Waals surface area contributed by atoms with Gasteiger partial charge in [-0.3, -0.25) is 4.79 Å². The maximum Gasteiger partial charge on any atom is 0.227 e. The van der Waals surface area contributed by atoms with Crippen molar-refractivity contribution in [2.45, 2.75) is 64.8 Å². The summed E-state index contributed by atoms with van der Waals surface area (Å²) in [6.45, 7) is 6.22. The Hall–Kier alpha value is -0.570. The zero-order valence-corrected chi connectivity index (χ0v) is 11.9. The van der Waals surface area contributed by atoms with E-state index in [1.165, 1.54) is 25.7 Å². The lowest BCUT2D eigenvalue weighted by atomic mass is 9.81. The predicted octanol–water partition coefficient (Wildman–Crippen LogP) is 2.46. The average Bonchev–Trinajstić information content (AvgIpc) is 3.00. The molecule has 18 heavy (non-hydrogen) atoms. The zero-order valence-electron chi connectivity index (χ0n) is 11.9. The van der Waals surface area contributed by atoms with E-state index in [9.17, 15) is 4.79 Å². The average molecular weight is 252 g/mol. The van der Waals surface area contributed by atoms with Gasteiger partial charge in [0.05, 0.1) is 5.41 Å². The van der Waals surface area contributed by atoms with Crippen molar-refractivity contribution < 1.29 is 4.79 Å². The molecule has 1 saturated heterocycles. The van der Waals surface area contributed by atoms with Gasteiger partial charge < -0.3 is 10.6 Å². The van der Waals surface area contributed by atoms with Gasteiger partial charge in [0.25, 0.3) is 0 Å². The molecule has 0 aromatic heterocycles. The minimum Gasteiger partial charge on any atom is -0.353 e. The van der Waals surface area contributed by atoms with E-state index in [4.69, 9.17) is 0 Å². The van der Waals surface area contributed by atoms with Crippen LogP contribution in [0, 0.1) is 11.3 Å². The number of carbonyl (C=O) groups excluding carboxylic acids is 1. The van der Waals surface area contributed by atoms with E-state index in [-0.39, 0.29) is 5.41 Å². The fraction of sp³-hybridized carbons (Fsp3) is 0.933. The molecule has 1 aliphatic heterocycles. The Labute approximate surface area is 111 Å². The molecule has 2 N–H and O–H groups in total. The second-order valence-electron chi connectivity index (χ2n) is 6.26. The molecule has 104 valence electrons. The molecule has 2 fully saturated rings. The van der Waals surface area contributed by atoms with Crippen molar-refractivity contribution in [2.24, 2.45) is 11.3 Å². The Bertz CT molecular complexity index is 278. The molecular weight excluding hydrogens is 224 g/mol. The maximum absolute atomic E-state index is 12.6. The van der Waals surface area contributed by atoms with Gasteiger partial charge >= 0.3 is 0 Å². The van der Waals surface area contributed by atoms with Crippen LogP contribution in [0.3, 0.4) is 0 Å². The SMILES string of the molecule is CCCC1(C(=O)N[C@@H](C)C2CCCC2)CCNC1. The Morgan fingerprint density at radius 2 is 2.17 bits per heavy atom. The van der Waals surface area contributed by atoms with Gasteiger partial charge in [-0.25, -0.2) is 0 Å². The molecule has 0 spiro atoms. The van der Waals surface area contributed by atoms with Gasteiger partial charge in [0.1, 0.15) is 0 Å². The number of rotatable bonds is 5. The van der Waals surface area contributed by atoms with Crippen molar-refractivity contribution in [3.8, 4) is 0 Å². The number of carbonyl (C=O) groups is 1. The highest BCUT2D eigenvalue weighted by Gasteiger charge is 2.41. The fourth-order valence-electron chi connectivity index (χ4n) is 3.68. The van der Waals surface area contributed by atoms with Crippen LogP contribution in [0.15, 0.2) is 0 Å². The standard InChI is InChI=1S/C15H28N2O/c1-3-8-15(9-10-16-11-15)14(18)17-12(2)13-6-4-5-7-13/h12-13,16H,3-11H2,1-2H3,(H,17,18)/t12-,15?/m0/s1. The second-order valence-corrected chi connectivity index (χ2v) is 6.26. The first-order valence-electron chi connectivity index (χ1n) is 7.69. The van der Waals surface area contributed by atoms with E-state index in [0.717, 1.165) is 32.4 Å².